The molecule has 3 heteroatoms. The summed E-state index contributed by atoms with van der Waals surface area (Å²) in [5.41, 5.74) is 1.34. The standard InChI is InChI=1S/C23H28FNO/c1-17(11-18-7-9-22(26)10-8-18)25-15-20-13-23(24,14-21(20)16-25)12-19-5-3-2-4-6-19/h2-10,17,20-21,26H,11-16H2,1H3/t17?,20-,21+,23?. The van der Waals surface area contributed by atoms with Crippen LogP contribution in [0.1, 0.15) is 30.9 Å². The van der Waals surface area contributed by atoms with Gasteiger partial charge in [-0.1, -0.05) is 42.5 Å². The molecule has 1 saturated heterocycles. The van der Waals surface area contributed by atoms with Gasteiger partial charge < -0.3 is 5.11 Å². The molecule has 1 aliphatic heterocycles. The highest BCUT2D eigenvalue weighted by atomic mass is 19.1. The molecule has 0 bridgehead atoms. The summed E-state index contributed by atoms with van der Waals surface area (Å²) in [5, 5.41) is 9.42. The van der Waals surface area contributed by atoms with Gasteiger partial charge in [-0.15, -0.1) is 0 Å². The average molecular weight is 353 g/mol. The van der Waals surface area contributed by atoms with Crippen LogP contribution in [0.3, 0.4) is 0 Å². The number of aromatic hydroxyl groups is 1. The number of phenolic OH excluding ortho intramolecular Hbond substituents is 1. The molecule has 26 heavy (non-hydrogen) atoms. The van der Waals surface area contributed by atoms with Crippen molar-refractivity contribution in [3.8, 4) is 5.75 Å². The lowest BCUT2D eigenvalue weighted by Crippen LogP contribution is -2.35. The van der Waals surface area contributed by atoms with Crippen molar-refractivity contribution in [3.05, 3.63) is 65.7 Å². The Morgan fingerprint density at radius 3 is 2.23 bits per heavy atom. The van der Waals surface area contributed by atoms with Crippen molar-refractivity contribution in [2.24, 2.45) is 11.8 Å². The number of halogens is 1. The van der Waals surface area contributed by atoms with E-state index in [1.54, 1.807) is 12.1 Å². The van der Waals surface area contributed by atoms with Crippen molar-refractivity contribution in [2.45, 2.75) is 44.3 Å². The van der Waals surface area contributed by atoms with E-state index >= 15 is 4.39 Å². The average Bonchev–Trinajstić information content (AvgIpc) is 3.12. The summed E-state index contributed by atoms with van der Waals surface area (Å²) in [6.45, 7) is 4.30. The predicted molar refractivity (Wildman–Crippen MR) is 103 cm³/mol. The number of hydrogen-bond donors (Lipinski definition) is 1. The zero-order valence-electron chi connectivity index (χ0n) is 15.4. The monoisotopic (exact) mass is 353 g/mol. The van der Waals surface area contributed by atoms with Gasteiger partial charge in [0.15, 0.2) is 0 Å². The molecule has 4 rings (SSSR count). The molecule has 2 aliphatic rings. The lowest BCUT2D eigenvalue weighted by atomic mass is 9.93. The normalized spacial score (nSPS) is 29.6. The zero-order chi connectivity index (χ0) is 18.1. The van der Waals surface area contributed by atoms with Crippen LogP contribution in [0.4, 0.5) is 4.39 Å². The van der Waals surface area contributed by atoms with Gasteiger partial charge in [-0.05, 0) is 61.3 Å². The Bertz CT molecular complexity index is 716. The van der Waals surface area contributed by atoms with Gasteiger partial charge in [-0.3, -0.25) is 4.90 Å². The molecule has 1 heterocycles. The summed E-state index contributed by atoms with van der Waals surface area (Å²) >= 11 is 0. The highest BCUT2D eigenvalue weighted by molar-refractivity contribution is 5.26. The van der Waals surface area contributed by atoms with Gasteiger partial charge in [0.2, 0.25) is 0 Å². The second kappa shape index (κ2) is 7.03. The first-order valence-corrected chi connectivity index (χ1v) is 9.75. The summed E-state index contributed by atoms with van der Waals surface area (Å²) in [5.74, 6) is 1.30. The largest absolute Gasteiger partial charge is 0.508 e. The Morgan fingerprint density at radius 2 is 1.62 bits per heavy atom. The number of benzene rings is 2. The molecule has 2 fully saturated rings. The Morgan fingerprint density at radius 1 is 1.00 bits per heavy atom. The Balaban J connectivity index is 1.33. The number of likely N-dealkylation sites (tertiary alicyclic amines) is 1. The van der Waals surface area contributed by atoms with Crippen LogP contribution in [-0.2, 0) is 12.8 Å². The fraction of sp³-hybridized carbons (Fsp3) is 0.478. The maximum Gasteiger partial charge on any atom is 0.115 e. The van der Waals surface area contributed by atoms with E-state index in [-0.39, 0.29) is 0 Å². The van der Waals surface area contributed by atoms with Crippen molar-refractivity contribution in [1.82, 2.24) is 4.90 Å². The Labute approximate surface area is 155 Å². The second-order valence-electron chi connectivity index (χ2n) is 8.42. The van der Waals surface area contributed by atoms with Gasteiger partial charge in [0.25, 0.3) is 0 Å². The van der Waals surface area contributed by atoms with Gasteiger partial charge in [-0.2, -0.15) is 0 Å². The van der Waals surface area contributed by atoms with Crippen LogP contribution < -0.4 is 0 Å². The van der Waals surface area contributed by atoms with Gasteiger partial charge in [-0.25, -0.2) is 4.39 Å². The second-order valence-corrected chi connectivity index (χ2v) is 8.42. The van der Waals surface area contributed by atoms with Gasteiger partial charge in [0.05, 0.1) is 0 Å². The van der Waals surface area contributed by atoms with E-state index in [4.69, 9.17) is 0 Å². The van der Waals surface area contributed by atoms with E-state index in [0.717, 1.165) is 25.1 Å². The van der Waals surface area contributed by atoms with Crippen molar-refractivity contribution < 1.29 is 9.50 Å². The summed E-state index contributed by atoms with van der Waals surface area (Å²) in [4.78, 5) is 2.53. The van der Waals surface area contributed by atoms with Crippen LogP contribution in [0.2, 0.25) is 0 Å². The van der Waals surface area contributed by atoms with Crippen molar-refractivity contribution in [2.75, 3.05) is 13.1 Å². The van der Waals surface area contributed by atoms with Gasteiger partial charge >= 0.3 is 0 Å². The number of nitrogens with zero attached hydrogens (tertiary/aromatic N) is 1. The molecule has 0 amide bonds. The third kappa shape index (κ3) is 3.78. The minimum Gasteiger partial charge on any atom is -0.508 e. The van der Waals surface area contributed by atoms with Crippen LogP contribution in [0.5, 0.6) is 5.75 Å². The van der Waals surface area contributed by atoms with Crippen molar-refractivity contribution >= 4 is 0 Å². The van der Waals surface area contributed by atoms with Crippen LogP contribution in [0.25, 0.3) is 0 Å². The molecule has 2 nitrogen and oxygen atoms in total. The lowest BCUT2D eigenvalue weighted by molar-refractivity contribution is 0.139. The third-order valence-electron chi connectivity index (χ3n) is 6.32. The topological polar surface area (TPSA) is 23.5 Å². The molecule has 0 spiro atoms. The molecule has 1 N–H and O–H groups in total. The van der Waals surface area contributed by atoms with Crippen LogP contribution in [0.15, 0.2) is 54.6 Å². The molecule has 2 aromatic carbocycles. The van der Waals surface area contributed by atoms with E-state index in [2.05, 4.69) is 11.8 Å². The summed E-state index contributed by atoms with van der Waals surface area (Å²) in [6, 6.07) is 18.0. The molecule has 4 atom stereocenters. The Hall–Kier alpha value is -1.87. The smallest absolute Gasteiger partial charge is 0.115 e. The van der Waals surface area contributed by atoms with Crippen LogP contribution >= 0.6 is 0 Å². The number of alkyl halides is 1. The maximum atomic E-state index is 15.4. The SMILES string of the molecule is CC(Cc1ccc(O)cc1)N1C[C@@H]2CC(F)(Cc3ccccc3)C[C@@H]2C1. The van der Waals surface area contributed by atoms with Gasteiger partial charge in [0, 0.05) is 25.6 Å². The summed E-state index contributed by atoms with van der Waals surface area (Å²) < 4.78 is 15.4. The van der Waals surface area contributed by atoms with E-state index in [1.807, 2.05) is 42.5 Å². The first-order valence-electron chi connectivity index (χ1n) is 9.75. The fourth-order valence-electron chi connectivity index (χ4n) is 5.03. The predicted octanol–water partition coefficient (Wildman–Crippen LogP) is 4.62. The molecule has 2 aromatic rings. The summed E-state index contributed by atoms with van der Waals surface area (Å²) in [7, 11) is 0. The maximum absolute atomic E-state index is 15.4. The quantitative estimate of drug-likeness (QED) is 0.848. The number of phenols is 1. The molecular formula is C23H28FNO. The first kappa shape index (κ1) is 17.5. The summed E-state index contributed by atoms with van der Waals surface area (Å²) in [6.07, 6.45) is 2.94. The van der Waals surface area contributed by atoms with Crippen molar-refractivity contribution in [3.63, 3.8) is 0 Å². The molecule has 2 unspecified atom stereocenters. The highest BCUT2D eigenvalue weighted by Gasteiger charge is 2.49. The Kier molecular flexibility index (Phi) is 4.74. The molecule has 1 saturated carbocycles. The van der Waals surface area contributed by atoms with E-state index in [9.17, 15) is 5.11 Å². The third-order valence-corrected chi connectivity index (χ3v) is 6.32. The fourth-order valence-corrected chi connectivity index (χ4v) is 5.03. The van der Waals surface area contributed by atoms with Crippen LogP contribution in [-0.4, -0.2) is 34.8 Å². The molecule has 0 aromatic heterocycles. The molecule has 138 valence electrons. The molecule has 1 aliphatic carbocycles. The van der Waals surface area contributed by atoms with Crippen LogP contribution in [0, 0.1) is 11.8 Å². The number of fused-ring (bicyclic) bond motifs is 1. The zero-order valence-corrected chi connectivity index (χ0v) is 15.4. The number of rotatable bonds is 5. The lowest BCUT2D eigenvalue weighted by Gasteiger charge is -2.28. The highest BCUT2D eigenvalue weighted by Crippen LogP contribution is 2.48. The van der Waals surface area contributed by atoms with E-state index in [1.165, 1.54) is 5.56 Å². The van der Waals surface area contributed by atoms with Crippen molar-refractivity contribution in [1.29, 1.82) is 0 Å². The van der Waals surface area contributed by atoms with E-state index < -0.39 is 5.67 Å². The minimum atomic E-state index is -1.02. The minimum absolute atomic E-state index is 0.315. The number of hydrogen-bond acceptors (Lipinski definition) is 2. The van der Waals surface area contributed by atoms with E-state index in [0.29, 0.717) is 42.9 Å². The molecule has 0 radical (unpaired) electrons. The first-order chi connectivity index (χ1) is 12.5. The molecular weight excluding hydrogens is 325 g/mol. The van der Waals surface area contributed by atoms with Gasteiger partial charge in [0.1, 0.15) is 11.4 Å².